The van der Waals surface area contributed by atoms with Crippen molar-refractivity contribution >= 4 is 10.0 Å². The van der Waals surface area contributed by atoms with E-state index in [1.807, 2.05) is 36.4 Å². The summed E-state index contributed by atoms with van der Waals surface area (Å²) in [5.74, 6) is 0. The first kappa shape index (κ1) is 13.8. The van der Waals surface area contributed by atoms with Crippen LogP contribution in [-0.2, 0) is 16.4 Å². The molecule has 0 aliphatic carbocycles. The van der Waals surface area contributed by atoms with Gasteiger partial charge >= 0.3 is 0 Å². The molecule has 0 spiro atoms. The minimum absolute atomic E-state index is 0.350. The first-order chi connectivity index (χ1) is 9.09. The summed E-state index contributed by atoms with van der Waals surface area (Å²) < 4.78 is 26.9. The monoisotopic (exact) mass is 275 g/mol. The molecule has 0 saturated carbocycles. The summed E-state index contributed by atoms with van der Waals surface area (Å²) in [6, 6.07) is 16.8. The third kappa shape index (κ3) is 3.66. The number of hydrogen-bond donors (Lipinski definition) is 1. The zero-order valence-corrected chi connectivity index (χ0v) is 11.7. The van der Waals surface area contributed by atoms with Crippen molar-refractivity contribution in [3.05, 3.63) is 65.7 Å². The molecule has 0 heterocycles. The van der Waals surface area contributed by atoms with Crippen LogP contribution >= 0.6 is 0 Å². The number of benzene rings is 2. The van der Waals surface area contributed by atoms with Crippen molar-refractivity contribution in [1.82, 2.24) is 4.72 Å². The molecule has 0 unspecified atom stereocenters. The Bertz CT molecular complexity index is 636. The number of sulfonamides is 1. The summed E-state index contributed by atoms with van der Waals surface area (Å²) >= 11 is 0. The number of nitrogens with one attached hydrogen (secondary N) is 1. The van der Waals surface area contributed by atoms with E-state index in [0.717, 1.165) is 11.1 Å². The van der Waals surface area contributed by atoms with Gasteiger partial charge in [0, 0.05) is 6.54 Å². The fourth-order valence-corrected chi connectivity index (χ4v) is 3.19. The van der Waals surface area contributed by atoms with Crippen LogP contribution in [0.15, 0.2) is 59.5 Å². The lowest BCUT2D eigenvalue weighted by Crippen LogP contribution is -2.26. The van der Waals surface area contributed by atoms with Crippen molar-refractivity contribution < 1.29 is 8.42 Å². The molecule has 3 nitrogen and oxygen atoms in total. The topological polar surface area (TPSA) is 46.2 Å². The Hall–Kier alpha value is -1.65. The van der Waals surface area contributed by atoms with Crippen LogP contribution in [0.5, 0.6) is 0 Å². The first-order valence-electron chi connectivity index (χ1n) is 6.19. The second-order valence-corrected chi connectivity index (χ2v) is 6.13. The second kappa shape index (κ2) is 5.99. The molecule has 0 amide bonds. The highest BCUT2D eigenvalue weighted by Gasteiger charge is 2.15. The molecule has 0 fully saturated rings. The van der Waals surface area contributed by atoms with Crippen LogP contribution in [0.4, 0.5) is 0 Å². The molecule has 2 aromatic carbocycles. The standard InChI is InChI=1S/C15H17NO2S/c1-13-7-5-6-10-15(13)19(17,18)16-12-11-14-8-3-2-4-9-14/h2-10,16H,11-12H2,1H3. The highest BCUT2D eigenvalue weighted by atomic mass is 32.2. The van der Waals surface area contributed by atoms with Gasteiger partial charge in [0.05, 0.1) is 4.90 Å². The maximum absolute atomic E-state index is 12.1. The molecule has 0 aromatic heterocycles. The largest absolute Gasteiger partial charge is 0.240 e. The van der Waals surface area contributed by atoms with Crippen LogP contribution < -0.4 is 4.72 Å². The van der Waals surface area contributed by atoms with Crippen LogP contribution in [0, 0.1) is 6.92 Å². The minimum Gasteiger partial charge on any atom is -0.211 e. The van der Waals surface area contributed by atoms with Gasteiger partial charge in [-0.15, -0.1) is 0 Å². The molecule has 0 saturated heterocycles. The van der Waals surface area contributed by atoms with Gasteiger partial charge in [-0.25, -0.2) is 13.1 Å². The molecule has 0 aliphatic heterocycles. The molecule has 4 heteroatoms. The highest BCUT2D eigenvalue weighted by molar-refractivity contribution is 7.89. The summed E-state index contributed by atoms with van der Waals surface area (Å²) in [6.45, 7) is 2.20. The summed E-state index contributed by atoms with van der Waals surface area (Å²) in [4.78, 5) is 0.350. The minimum atomic E-state index is -3.41. The molecule has 19 heavy (non-hydrogen) atoms. The van der Waals surface area contributed by atoms with Crippen molar-refractivity contribution in [2.24, 2.45) is 0 Å². The van der Waals surface area contributed by atoms with Crippen LogP contribution in [0.2, 0.25) is 0 Å². The van der Waals surface area contributed by atoms with Crippen molar-refractivity contribution in [2.45, 2.75) is 18.2 Å². The van der Waals surface area contributed by atoms with Crippen molar-refractivity contribution in [2.75, 3.05) is 6.54 Å². The number of rotatable bonds is 5. The first-order valence-corrected chi connectivity index (χ1v) is 7.67. The van der Waals surface area contributed by atoms with E-state index < -0.39 is 10.0 Å². The second-order valence-electron chi connectivity index (χ2n) is 4.40. The molecule has 0 aliphatic rings. The molecule has 2 rings (SSSR count). The van der Waals surface area contributed by atoms with Gasteiger partial charge in [-0.3, -0.25) is 0 Å². The van der Waals surface area contributed by atoms with Crippen LogP contribution in [0.1, 0.15) is 11.1 Å². The van der Waals surface area contributed by atoms with Crippen molar-refractivity contribution in [1.29, 1.82) is 0 Å². The maximum Gasteiger partial charge on any atom is 0.240 e. The predicted molar refractivity (Wildman–Crippen MR) is 76.5 cm³/mol. The molecule has 2 aromatic rings. The van der Waals surface area contributed by atoms with Gasteiger partial charge in [-0.05, 0) is 30.5 Å². The van der Waals surface area contributed by atoms with Crippen LogP contribution in [-0.4, -0.2) is 15.0 Å². The number of aryl methyl sites for hydroxylation is 1. The third-order valence-corrected chi connectivity index (χ3v) is 4.55. The smallest absolute Gasteiger partial charge is 0.211 e. The zero-order chi connectivity index (χ0) is 13.7. The Kier molecular flexibility index (Phi) is 4.35. The van der Waals surface area contributed by atoms with Gasteiger partial charge < -0.3 is 0 Å². The van der Waals surface area contributed by atoms with Gasteiger partial charge in [0.2, 0.25) is 10.0 Å². The van der Waals surface area contributed by atoms with E-state index in [9.17, 15) is 8.42 Å². The SMILES string of the molecule is Cc1ccccc1S(=O)(=O)NCCc1ccccc1. The maximum atomic E-state index is 12.1. The lowest BCUT2D eigenvalue weighted by molar-refractivity contribution is 0.581. The Balaban J connectivity index is 2.01. The molecule has 100 valence electrons. The molecular weight excluding hydrogens is 258 g/mol. The zero-order valence-electron chi connectivity index (χ0n) is 10.8. The lowest BCUT2D eigenvalue weighted by Gasteiger charge is -2.09. The normalized spacial score (nSPS) is 11.4. The average Bonchev–Trinajstić information content (AvgIpc) is 2.40. The van der Waals surface area contributed by atoms with E-state index in [-0.39, 0.29) is 0 Å². The van der Waals surface area contributed by atoms with Gasteiger partial charge in [0.15, 0.2) is 0 Å². The van der Waals surface area contributed by atoms with E-state index in [0.29, 0.717) is 17.9 Å². The molecule has 0 atom stereocenters. The van der Waals surface area contributed by atoms with E-state index in [1.165, 1.54) is 0 Å². The lowest BCUT2D eigenvalue weighted by atomic mass is 10.2. The number of hydrogen-bond acceptors (Lipinski definition) is 2. The fourth-order valence-electron chi connectivity index (χ4n) is 1.91. The van der Waals surface area contributed by atoms with Gasteiger partial charge in [0.25, 0.3) is 0 Å². The quantitative estimate of drug-likeness (QED) is 0.911. The van der Waals surface area contributed by atoms with Crippen molar-refractivity contribution in [3.63, 3.8) is 0 Å². The Morgan fingerprint density at radius 3 is 2.26 bits per heavy atom. The van der Waals surface area contributed by atoms with Gasteiger partial charge in [-0.1, -0.05) is 48.5 Å². The molecule has 0 bridgehead atoms. The van der Waals surface area contributed by atoms with Crippen LogP contribution in [0.25, 0.3) is 0 Å². The van der Waals surface area contributed by atoms with E-state index in [4.69, 9.17) is 0 Å². The molecular formula is C15H17NO2S. The Morgan fingerprint density at radius 2 is 1.58 bits per heavy atom. The predicted octanol–water partition coefficient (Wildman–Crippen LogP) is 2.52. The van der Waals surface area contributed by atoms with Crippen molar-refractivity contribution in [3.8, 4) is 0 Å². The Morgan fingerprint density at radius 1 is 0.947 bits per heavy atom. The molecule has 1 N–H and O–H groups in total. The average molecular weight is 275 g/mol. The van der Waals surface area contributed by atoms with E-state index >= 15 is 0 Å². The van der Waals surface area contributed by atoms with Gasteiger partial charge in [-0.2, -0.15) is 0 Å². The highest BCUT2D eigenvalue weighted by Crippen LogP contribution is 2.13. The summed E-state index contributed by atoms with van der Waals surface area (Å²) in [5.41, 5.74) is 1.88. The van der Waals surface area contributed by atoms with Crippen LogP contribution in [0.3, 0.4) is 0 Å². The fraction of sp³-hybridized carbons (Fsp3) is 0.200. The molecule has 0 radical (unpaired) electrons. The van der Waals surface area contributed by atoms with E-state index in [1.54, 1.807) is 25.1 Å². The van der Waals surface area contributed by atoms with E-state index in [2.05, 4.69) is 4.72 Å². The summed E-state index contributed by atoms with van der Waals surface area (Å²) in [5, 5.41) is 0. The Labute approximate surface area is 114 Å². The summed E-state index contributed by atoms with van der Waals surface area (Å²) in [6.07, 6.45) is 0.686. The summed E-state index contributed by atoms with van der Waals surface area (Å²) in [7, 11) is -3.41. The van der Waals surface area contributed by atoms with Gasteiger partial charge in [0.1, 0.15) is 0 Å². The third-order valence-electron chi connectivity index (χ3n) is 2.93.